The Morgan fingerprint density at radius 1 is 1.05 bits per heavy atom. The first-order valence-corrected chi connectivity index (χ1v) is 6.73. The van der Waals surface area contributed by atoms with Gasteiger partial charge < -0.3 is 5.73 Å². The smallest absolute Gasteiger partial charge is 0.236 e. The summed E-state index contributed by atoms with van der Waals surface area (Å²) < 4.78 is 0. The molecule has 2 N–H and O–H groups in total. The van der Waals surface area contributed by atoms with Crippen LogP contribution in [0, 0.1) is 25.7 Å². The van der Waals surface area contributed by atoms with Gasteiger partial charge in [-0.1, -0.05) is 6.07 Å². The first kappa shape index (κ1) is 12.2. The molecule has 0 spiro atoms. The third kappa shape index (κ3) is 1.74. The van der Waals surface area contributed by atoms with Gasteiger partial charge in [0.2, 0.25) is 11.8 Å². The van der Waals surface area contributed by atoms with Gasteiger partial charge in [0.05, 0.1) is 5.69 Å². The van der Waals surface area contributed by atoms with E-state index in [4.69, 9.17) is 5.73 Å². The molecule has 0 aromatic heterocycles. The minimum atomic E-state index is -0.0508. The molecule has 4 nitrogen and oxygen atoms in total. The van der Waals surface area contributed by atoms with Gasteiger partial charge in [-0.3, -0.25) is 9.59 Å². The minimum Gasteiger partial charge on any atom is -0.398 e. The summed E-state index contributed by atoms with van der Waals surface area (Å²) >= 11 is 0. The van der Waals surface area contributed by atoms with Crippen LogP contribution in [0.2, 0.25) is 0 Å². The molecule has 2 unspecified atom stereocenters. The Morgan fingerprint density at radius 2 is 1.63 bits per heavy atom. The van der Waals surface area contributed by atoms with Crippen LogP contribution in [-0.2, 0) is 9.59 Å². The molecule has 1 aliphatic heterocycles. The molecule has 1 heterocycles. The monoisotopic (exact) mass is 258 g/mol. The highest BCUT2D eigenvalue weighted by atomic mass is 16.2. The van der Waals surface area contributed by atoms with E-state index in [1.165, 1.54) is 4.90 Å². The molecular formula is C15H18N2O2. The van der Waals surface area contributed by atoms with E-state index < -0.39 is 0 Å². The molecule has 100 valence electrons. The number of amides is 2. The van der Waals surface area contributed by atoms with Crippen LogP contribution < -0.4 is 10.6 Å². The van der Waals surface area contributed by atoms with Crippen LogP contribution in [0.15, 0.2) is 12.1 Å². The molecule has 4 heteroatoms. The molecule has 1 aromatic carbocycles. The number of rotatable bonds is 1. The van der Waals surface area contributed by atoms with Crippen molar-refractivity contribution in [3.63, 3.8) is 0 Å². The largest absolute Gasteiger partial charge is 0.398 e. The number of nitrogen functional groups attached to an aromatic ring is 1. The van der Waals surface area contributed by atoms with Crippen molar-refractivity contribution in [2.45, 2.75) is 33.1 Å². The SMILES string of the molecule is Cc1cc(C)c(N2C(=O)C3CCC(C3)C2=O)cc1N. The Labute approximate surface area is 112 Å². The number of piperidine rings is 1. The Bertz CT molecular complexity index is 558. The summed E-state index contributed by atoms with van der Waals surface area (Å²) in [5.41, 5.74) is 9.11. The van der Waals surface area contributed by atoms with Gasteiger partial charge in [-0.05, 0) is 50.3 Å². The summed E-state index contributed by atoms with van der Waals surface area (Å²) in [7, 11) is 0. The summed E-state index contributed by atoms with van der Waals surface area (Å²) in [5, 5.41) is 0. The number of imide groups is 1. The van der Waals surface area contributed by atoms with E-state index in [1.54, 1.807) is 6.07 Å². The van der Waals surface area contributed by atoms with Crippen LogP contribution in [0.5, 0.6) is 0 Å². The Kier molecular flexibility index (Phi) is 2.62. The number of anilines is 2. The molecule has 2 fully saturated rings. The number of nitrogens with zero attached hydrogens (tertiary/aromatic N) is 1. The fourth-order valence-corrected chi connectivity index (χ4v) is 3.24. The van der Waals surface area contributed by atoms with Crippen molar-refractivity contribution in [2.24, 2.45) is 11.8 Å². The molecule has 0 radical (unpaired) electrons. The number of hydrogen-bond acceptors (Lipinski definition) is 3. The molecule has 2 atom stereocenters. The van der Waals surface area contributed by atoms with Gasteiger partial charge in [0, 0.05) is 17.5 Å². The highest BCUT2D eigenvalue weighted by Gasteiger charge is 2.46. The van der Waals surface area contributed by atoms with Crippen LogP contribution in [0.1, 0.15) is 30.4 Å². The van der Waals surface area contributed by atoms with Gasteiger partial charge in [0.25, 0.3) is 0 Å². The lowest BCUT2D eigenvalue weighted by Gasteiger charge is -2.31. The van der Waals surface area contributed by atoms with Crippen molar-refractivity contribution in [3.8, 4) is 0 Å². The van der Waals surface area contributed by atoms with E-state index in [0.717, 1.165) is 30.4 Å². The fourth-order valence-electron chi connectivity index (χ4n) is 3.24. The van der Waals surface area contributed by atoms with E-state index in [9.17, 15) is 9.59 Å². The Hall–Kier alpha value is -1.84. The number of nitrogens with two attached hydrogens (primary N) is 1. The number of carbonyl (C=O) groups is 2. The van der Waals surface area contributed by atoms with Crippen LogP contribution >= 0.6 is 0 Å². The van der Waals surface area contributed by atoms with E-state index in [1.807, 2.05) is 19.9 Å². The quantitative estimate of drug-likeness (QED) is 0.620. The second-order valence-corrected chi connectivity index (χ2v) is 5.71. The van der Waals surface area contributed by atoms with Crippen molar-refractivity contribution in [3.05, 3.63) is 23.3 Å². The first-order chi connectivity index (χ1) is 8.99. The summed E-state index contributed by atoms with van der Waals surface area (Å²) in [4.78, 5) is 26.2. The molecule has 2 bridgehead atoms. The number of aryl methyl sites for hydroxylation is 2. The first-order valence-electron chi connectivity index (χ1n) is 6.73. The molecule has 2 amide bonds. The summed E-state index contributed by atoms with van der Waals surface area (Å²) in [6, 6.07) is 3.69. The Morgan fingerprint density at radius 3 is 2.21 bits per heavy atom. The highest BCUT2D eigenvalue weighted by molar-refractivity contribution is 6.19. The van der Waals surface area contributed by atoms with Gasteiger partial charge in [0.15, 0.2) is 0 Å². The summed E-state index contributed by atoms with van der Waals surface area (Å²) in [5.74, 6) is -0.0653. The van der Waals surface area contributed by atoms with Crippen molar-refractivity contribution >= 4 is 23.2 Å². The highest BCUT2D eigenvalue weighted by Crippen LogP contribution is 2.41. The molecule has 1 saturated heterocycles. The lowest BCUT2D eigenvalue weighted by atomic mass is 9.95. The second-order valence-electron chi connectivity index (χ2n) is 5.71. The van der Waals surface area contributed by atoms with E-state index in [2.05, 4.69) is 0 Å². The number of hydrogen-bond donors (Lipinski definition) is 1. The summed E-state index contributed by atoms with van der Waals surface area (Å²) in [6.07, 6.45) is 2.41. The number of benzene rings is 1. The van der Waals surface area contributed by atoms with Crippen molar-refractivity contribution in [1.82, 2.24) is 0 Å². The summed E-state index contributed by atoms with van der Waals surface area (Å²) in [6.45, 7) is 3.84. The van der Waals surface area contributed by atoms with Crippen LogP contribution in [0.25, 0.3) is 0 Å². The van der Waals surface area contributed by atoms with E-state index in [-0.39, 0.29) is 23.7 Å². The Balaban J connectivity index is 2.08. The average Bonchev–Trinajstić information content (AvgIpc) is 2.80. The third-order valence-electron chi connectivity index (χ3n) is 4.40. The van der Waals surface area contributed by atoms with Gasteiger partial charge in [-0.25, -0.2) is 4.90 Å². The van der Waals surface area contributed by atoms with E-state index >= 15 is 0 Å². The predicted octanol–water partition coefficient (Wildman–Crippen LogP) is 2.18. The maximum Gasteiger partial charge on any atom is 0.236 e. The van der Waals surface area contributed by atoms with Crippen LogP contribution in [0.3, 0.4) is 0 Å². The predicted molar refractivity (Wildman–Crippen MR) is 73.7 cm³/mol. The molecule has 1 aliphatic carbocycles. The average molecular weight is 258 g/mol. The number of fused-ring (bicyclic) bond motifs is 2. The molecular weight excluding hydrogens is 240 g/mol. The zero-order valence-corrected chi connectivity index (χ0v) is 11.3. The van der Waals surface area contributed by atoms with Gasteiger partial charge in [-0.2, -0.15) is 0 Å². The lowest BCUT2D eigenvalue weighted by molar-refractivity contribution is -0.133. The second kappa shape index (κ2) is 4.08. The molecule has 2 aliphatic rings. The zero-order chi connectivity index (χ0) is 13.7. The maximum absolute atomic E-state index is 12.4. The molecule has 1 saturated carbocycles. The van der Waals surface area contributed by atoms with Gasteiger partial charge in [0.1, 0.15) is 0 Å². The third-order valence-corrected chi connectivity index (χ3v) is 4.40. The maximum atomic E-state index is 12.4. The topological polar surface area (TPSA) is 63.4 Å². The molecule has 3 rings (SSSR count). The fraction of sp³-hybridized carbons (Fsp3) is 0.467. The normalized spacial score (nSPS) is 26.1. The van der Waals surface area contributed by atoms with Crippen molar-refractivity contribution in [1.29, 1.82) is 0 Å². The van der Waals surface area contributed by atoms with E-state index in [0.29, 0.717) is 11.4 Å². The number of carbonyl (C=O) groups excluding carboxylic acids is 2. The van der Waals surface area contributed by atoms with Gasteiger partial charge in [-0.15, -0.1) is 0 Å². The molecule has 19 heavy (non-hydrogen) atoms. The minimum absolute atomic E-state index is 0.0182. The lowest BCUT2D eigenvalue weighted by Crippen LogP contribution is -2.46. The molecule has 1 aromatic rings. The van der Waals surface area contributed by atoms with Crippen molar-refractivity contribution in [2.75, 3.05) is 10.6 Å². The van der Waals surface area contributed by atoms with Gasteiger partial charge >= 0.3 is 0 Å². The van der Waals surface area contributed by atoms with Crippen LogP contribution in [-0.4, -0.2) is 11.8 Å². The standard InChI is InChI=1S/C15H18N2O2/c1-8-5-9(2)13(7-12(8)16)17-14(18)10-3-4-11(6-10)15(17)19/h5,7,10-11H,3-4,6,16H2,1-2H3. The zero-order valence-electron chi connectivity index (χ0n) is 11.3. The van der Waals surface area contributed by atoms with Crippen molar-refractivity contribution < 1.29 is 9.59 Å². The van der Waals surface area contributed by atoms with Crippen LogP contribution in [0.4, 0.5) is 11.4 Å².